The molecule has 0 unspecified atom stereocenters. The number of nitrogens with zero attached hydrogens (tertiary/aromatic N) is 5. The van der Waals surface area contributed by atoms with Gasteiger partial charge in [-0.15, -0.1) is 0 Å². The number of ether oxygens (including phenoxy) is 1. The van der Waals surface area contributed by atoms with Crippen LogP contribution in [0.25, 0.3) is 28.2 Å². The average molecular weight is 458 g/mol. The number of rotatable bonds is 3. The molecule has 3 aromatic heterocycles. The van der Waals surface area contributed by atoms with Gasteiger partial charge >= 0.3 is 5.69 Å². The van der Waals surface area contributed by atoms with E-state index in [1.807, 2.05) is 30.5 Å². The third-order valence-electron chi connectivity index (χ3n) is 5.61. The number of imidazole rings is 2. The lowest BCUT2D eigenvalue weighted by Gasteiger charge is -2.14. The highest BCUT2D eigenvalue weighted by molar-refractivity contribution is 9.10. The molecule has 4 heterocycles. The Bertz CT molecular complexity index is 1350. The molecule has 1 saturated heterocycles. The van der Waals surface area contributed by atoms with Gasteiger partial charge in [-0.2, -0.15) is 4.98 Å². The van der Waals surface area contributed by atoms with Gasteiger partial charge in [0.1, 0.15) is 0 Å². The predicted octanol–water partition coefficient (Wildman–Crippen LogP) is 2.29. The summed E-state index contributed by atoms with van der Waals surface area (Å²) in [6.07, 6.45) is 4.06. The van der Waals surface area contributed by atoms with Crippen LogP contribution in [-0.4, -0.2) is 35.8 Å². The van der Waals surface area contributed by atoms with Crippen molar-refractivity contribution in [1.29, 1.82) is 0 Å². The van der Waals surface area contributed by atoms with Crippen LogP contribution in [0.5, 0.6) is 0 Å². The van der Waals surface area contributed by atoms with Gasteiger partial charge in [0.05, 0.1) is 18.3 Å². The standard InChI is InChI=1S/C20H20BrN5O3/c1-23-17-16(18(27)24(2)20(23)28)26-11-15(12-5-7-13(21)8-6-12)25(19(26)22-17)10-14-4-3-9-29-14/h5-8,11,14H,3-4,9-10H2,1-2H3/t14-/m0/s1. The minimum absolute atomic E-state index is 0.104. The monoisotopic (exact) mass is 457 g/mol. The molecule has 1 atom stereocenters. The quantitative estimate of drug-likeness (QED) is 0.472. The largest absolute Gasteiger partial charge is 0.376 e. The molecule has 0 bridgehead atoms. The number of halogens is 1. The molecular formula is C20H20BrN5O3. The first kappa shape index (κ1) is 18.4. The molecule has 0 spiro atoms. The van der Waals surface area contributed by atoms with E-state index in [9.17, 15) is 9.59 Å². The molecule has 0 saturated carbocycles. The molecule has 1 aromatic carbocycles. The van der Waals surface area contributed by atoms with Crippen molar-refractivity contribution >= 4 is 32.9 Å². The molecule has 0 radical (unpaired) electrons. The van der Waals surface area contributed by atoms with Gasteiger partial charge in [-0.3, -0.25) is 18.3 Å². The lowest BCUT2D eigenvalue weighted by atomic mass is 10.1. The summed E-state index contributed by atoms with van der Waals surface area (Å²) >= 11 is 3.48. The number of aromatic nitrogens is 5. The highest BCUT2D eigenvalue weighted by atomic mass is 79.9. The van der Waals surface area contributed by atoms with Gasteiger partial charge in [0.2, 0.25) is 5.78 Å². The van der Waals surface area contributed by atoms with Crippen LogP contribution >= 0.6 is 15.9 Å². The molecule has 1 aliphatic rings. The van der Waals surface area contributed by atoms with E-state index in [0.29, 0.717) is 23.5 Å². The van der Waals surface area contributed by atoms with E-state index in [1.54, 1.807) is 11.4 Å². The summed E-state index contributed by atoms with van der Waals surface area (Å²) < 4.78 is 13.3. The zero-order valence-corrected chi connectivity index (χ0v) is 17.7. The van der Waals surface area contributed by atoms with Crippen molar-refractivity contribution in [1.82, 2.24) is 23.1 Å². The van der Waals surface area contributed by atoms with E-state index >= 15 is 0 Å². The summed E-state index contributed by atoms with van der Waals surface area (Å²) in [5.74, 6) is 0.631. The Labute approximate surface area is 174 Å². The molecule has 9 heteroatoms. The number of hydrogen-bond acceptors (Lipinski definition) is 4. The smallest absolute Gasteiger partial charge is 0.332 e. The lowest BCUT2D eigenvalue weighted by molar-refractivity contribution is 0.0981. The Balaban J connectivity index is 1.83. The van der Waals surface area contributed by atoms with E-state index in [-0.39, 0.29) is 17.4 Å². The van der Waals surface area contributed by atoms with Crippen LogP contribution in [0.15, 0.2) is 44.5 Å². The van der Waals surface area contributed by atoms with Crippen LogP contribution < -0.4 is 11.2 Å². The first-order chi connectivity index (χ1) is 14.0. The Morgan fingerprint density at radius 3 is 2.62 bits per heavy atom. The van der Waals surface area contributed by atoms with Crippen molar-refractivity contribution in [3.63, 3.8) is 0 Å². The fourth-order valence-corrected chi connectivity index (χ4v) is 4.30. The van der Waals surface area contributed by atoms with E-state index in [1.165, 1.54) is 11.6 Å². The predicted molar refractivity (Wildman–Crippen MR) is 113 cm³/mol. The van der Waals surface area contributed by atoms with Crippen molar-refractivity contribution in [2.45, 2.75) is 25.5 Å². The second-order valence-corrected chi connectivity index (χ2v) is 8.34. The van der Waals surface area contributed by atoms with E-state index in [4.69, 9.17) is 9.72 Å². The molecule has 1 aliphatic heterocycles. The molecule has 0 amide bonds. The van der Waals surface area contributed by atoms with Crippen molar-refractivity contribution in [3.8, 4) is 11.3 Å². The molecule has 1 fully saturated rings. The van der Waals surface area contributed by atoms with E-state index in [2.05, 4.69) is 20.5 Å². The van der Waals surface area contributed by atoms with Gasteiger partial charge in [0.25, 0.3) is 5.56 Å². The first-order valence-electron chi connectivity index (χ1n) is 9.50. The molecule has 0 aliphatic carbocycles. The maximum Gasteiger partial charge on any atom is 0.332 e. The van der Waals surface area contributed by atoms with Gasteiger partial charge in [-0.25, -0.2) is 4.79 Å². The second-order valence-electron chi connectivity index (χ2n) is 7.43. The van der Waals surface area contributed by atoms with Crippen molar-refractivity contribution < 1.29 is 4.74 Å². The van der Waals surface area contributed by atoms with Gasteiger partial charge < -0.3 is 9.30 Å². The first-order valence-corrected chi connectivity index (χ1v) is 10.3. The van der Waals surface area contributed by atoms with Crippen LogP contribution in [0.2, 0.25) is 0 Å². The van der Waals surface area contributed by atoms with Gasteiger partial charge in [0.15, 0.2) is 11.2 Å². The van der Waals surface area contributed by atoms with Crippen LogP contribution in [0.4, 0.5) is 0 Å². The molecule has 29 heavy (non-hydrogen) atoms. The summed E-state index contributed by atoms with van der Waals surface area (Å²) in [5, 5.41) is 0. The van der Waals surface area contributed by atoms with E-state index in [0.717, 1.165) is 39.7 Å². The summed E-state index contributed by atoms with van der Waals surface area (Å²) in [4.78, 5) is 29.9. The topological polar surface area (TPSA) is 75.5 Å². The maximum atomic E-state index is 12.9. The molecular weight excluding hydrogens is 438 g/mol. The van der Waals surface area contributed by atoms with Gasteiger partial charge in [-0.05, 0) is 30.5 Å². The molecule has 8 nitrogen and oxygen atoms in total. The Kier molecular flexibility index (Phi) is 4.25. The average Bonchev–Trinajstić information content (AvgIpc) is 3.42. The third-order valence-corrected chi connectivity index (χ3v) is 6.14. The highest BCUT2D eigenvalue weighted by Gasteiger charge is 2.24. The Morgan fingerprint density at radius 2 is 1.93 bits per heavy atom. The SMILES string of the molecule is Cn1c(=O)c2c(nc3n(C[C@@H]4CCCO4)c(-c4ccc(Br)cc4)cn23)n(C)c1=O. The van der Waals surface area contributed by atoms with Crippen LogP contribution in [0, 0.1) is 0 Å². The fourth-order valence-electron chi connectivity index (χ4n) is 4.04. The second kappa shape index (κ2) is 6.70. The Morgan fingerprint density at radius 1 is 1.17 bits per heavy atom. The summed E-state index contributed by atoms with van der Waals surface area (Å²) in [6, 6.07) is 8.03. The van der Waals surface area contributed by atoms with Crippen LogP contribution in [0.1, 0.15) is 12.8 Å². The number of benzene rings is 1. The normalized spacial score (nSPS) is 17.0. The van der Waals surface area contributed by atoms with Gasteiger partial charge in [0, 0.05) is 31.4 Å². The third kappa shape index (κ3) is 2.79. The number of aryl methyl sites for hydroxylation is 1. The highest BCUT2D eigenvalue weighted by Crippen LogP contribution is 2.28. The summed E-state index contributed by atoms with van der Waals surface area (Å²) in [7, 11) is 3.12. The molecule has 5 rings (SSSR count). The van der Waals surface area contributed by atoms with Crippen LogP contribution in [-0.2, 0) is 25.4 Å². The van der Waals surface area contributed by atoms with Crippen molar-refractivity contribution in [2.75, 3.05) is 6.61 Å². The Hall–Kier alpha value is -2.65. The minimum atomic E-state index is -0.387. The summed E-state index contributed by atoms with van der Waals surface area (Å²) in [5.41, 5.74) is 2.01. The summed E-state index contributed by atoms with van der Waals surface area (Å²) in [6.45, 7) is 1.40. The maximum absolute atomic E-state index is 12.9. The van der Waals surface area contributed by atoms with Crippen molar-refractivity contribution in [3.05, 3.63) is 55.8 Å². The fraction of sp³-hybridized carbons (Fsp3) is 0.350. The number of hydrogen-bond donors (Lipinski definition) is 0. The van der Waals surface area contributed by atoms with Crippen molar-refractivity contribution in [2.24, 2.45) is 14.1 Å². The lowest BCUT2D eigenvalue weighted by Crippen LogP contribution is -2.37. The molecule has 4 aromatic rings. The van der Waals surface area contributed by atoms with Gasteiger partial charge in [-0.1, -0.05) is 28.1 Å². The zero-order chi connectivity index (χ0) is 20.3. The molecule has 0 N–H and O–H groups in total. The van der Waals surface area contributed by atoms with E-state index < -0.39 is 0 Å². The van der Waals surface area contributed by atoms with Crippen LogP contribution in [0.3, 0.4) is 0 Å². The minimum Gasteiger partial charge on any atom is -0.376 e. The zero-order valence-electron chi connectivity index (χ0n) is 16.1. The number of fused-ring (bicyclic) bond motifs is 3. The molecule has 150 valence electrons.